The fourth-order valence-corrected chi connectivity index (χ4v) is 3.90. The van der Waals surface area contributed by atoms with E-state index in [4.69, 9.17) is 5.11 Å². The molecule has 0 aromatic rings. The van der Waals surface area contributed by atoms with Crippen LogP contribution in [0.3, 0.4) is 0 Å². The zero-order chi connectivity index (χ0) is 14.7. The summed E-state index contributed by atoms with van der Waals surface area (Å²) in [5.74, 6) is 0.589. The van der Waals surface area contributed by atoms with Gasteiger partial charge in [-0.15, -0.1) is 11.8 Å². The number of carbonyl (C=O) groups excluding carboxylic acids is 1. The van der Waals surface area contributed by atoms with Crippen LogP contribution in [-0.2, 0) is 4.79 Å². The van der Waals surface area contributed by atoms with Gasteiger partial charge in [-0.3, -0.25) is 0 Å². The molecular formula is C13H23N3O3S. The molecule has 0 aromatic carbocycles. The molecule has 6 nitrogen and oxygen atoms in total. The predicted octanol–water partition coefficient (Wildman–Crippen LogP) is 0.839. The number of likely N-dealkylation sites (tertiary alicyclic amines) is 1. The highest BCUT2D eigenvalue weighted by Gasteiger charge is 2.36. The molecule has 2 heterocycles. The maximum Gasteiger partial charge on any atom is 0.327 e. The van der Waals surface area contributed by atoms with Gasteiger partial charge in [-0.1, -0.05) is 0 Å². The van der Waals surface area contributed by atoms with Crippen molar-refractivity contribution in [2.75, 3.05) is 45.4 Å². The Morgan fingerprint density at radius 2 is 2.00 bits per heavy atom. The Hall–Kier alpha value is -0.950. The van der Waals surface area contributed by atoms with E-state index >= 15 is 0 Å². The Labute approximate surface area is 124 Å². The molecule has 2 fully saturated rings. The van der Waals surface area contributed by atoms with Crippen molar-refractivity contribution in [3.05, 3.63) is 0 Å². The molecule has 2 aliphatic rings. The number of rotatable bonds is 3. The van der Waals surface area contributed by atoms with Crippen molar-refractivity contribution >= 4 is 23.8 Å². The van der Waals surface area contributed by atoms with E-state index in [9.17, 15) is 9.59 Å². The van der Waals surface area contributed by atoms with Crippen LogP contribution in [0.15, 0.2) is 0 Å². The highest BCUT2D eigenvalue weighted by molar-refractivity contribution is 7.99. The van der Waals surface area contributed by atoms with Gasteiger partial charge in [-0.05, 0) is 38.9 Å². The van der Waals surface area contributed by atoms with E-state index < -0.39 is 12.0 Å². The summed E-state index contributed by atoms with van der Waals surface area (Å²) in [6, 6.07) is -0.825. The van der Waals surface area contributed by atoms with Gasteiger partial charge in [0.2, 0.25) is 0 Å². The summed E-state index contributed by atoms with van der Waals surface area (Å²) in [7, 11) is 3.90. The molecule has 1 atom stereocenters. The monoisotopic (exact) mass is 301 g/mol. The molecule has 114 valence electrons. The SMILES string of the molecule is CN1CCC(CN(C)C(=O)N2CSC[C@H]2C(=O)O)CC1. The Morgan fingerprint density at radius 3 is 2.60 bits per heavy atom. The maximum atomic E-state index is 12.4. The van der Waals surface area contributed by atoms with Gasteiger partial charge in [0.1, 0.15) is 6.04 Å². The normalized spacial score (nSPS) is 24.9. The molecule has 0 aliphatic carbocycles. The second-order valence-electron chi connectivity index (χ2n) is 5.73. The lowest BCUT2D eigenvalue weighted by Gasteiger charge is -2.33. The van der Waals surface area contributed by atoms with E-state index in [1.807, 2.05) is 0 Å². The highest BCUT2D eigenvalue weighted by atomic mass is 32.2. The first kappa shape index (κ1) is 15.4. The lowest BCUT2D eigenvalue weighted by atomic mass is 9.97. The summed E-state index contributed by atoms with van der Waals surface area (Å²) in [5.41, 5.74) is 0. The third kappa shape index (κ3) is 3.58. The Kier molecular flexibility index (Phi) is 5.15. The van der Waals surface area contributed by atoms with Crippen LogP contribution in [0.5, 0.6) is 0 Å². The van der Waals surface area contributed by atoms with Crippen molar-refractivity contribution < 1.29 is 14.7 Å². The Morgan fingerprint density at radius 1 is 1.35 bits per heavy atom. The van der Waals surface area contributed by atoms with E-state index in [-0.39, 0.29) is 6.03 Å². The average molecular weight is 301 g/mol. The number of urea groups is 1. The zero-order valence-corrected chi connectivity index (χ0v) is 12.9. The molecule has 0 spiro atoms. The van der Waals surface area contributed by atoms with Crippen LogP contribution in [0.1, 0.15) is 12.8 Å². The van der Waals surface area contributed by atoms with Crippen molar-refractivity contribution in [3.63, 3.8) is 0 Å². The summed E-state index contributed by atoms with van der Waals surface area (Å²) in [6.07, 6.45) is 2.20. The van der Waals surface area contributed by atoms with Crippen molar-refractivity contribution in [2.45, 2.75) is 18.9 Å². The van der Waals surface area contributed by atoms with Crippen LogP contribution in [0, 0.1) is 5.92 Å². The van der Waals surface area contributed by atoms with Gasteiger partial charge in [-0.25, -0.2) is 9.59 Å². The van der Waals surface area contributed by atoms with Crippen molar-refractivity contribution in [1.29, 1.82) is 0 Å². The predicted molar refractivity (Wildman–Crippen MR) is 78.8 cm³/mol. The van der Waals surface area contributed by atoms with E-state index in [1.165, 1.54) is 16.7 Å². The van der Waals surface area contributed by atoms with Crippen LogP contribution in [0.25, 0.3) is 0 Å². The molecule has 0 aromatic heterocycles. The van der Waals surface area contributed by atoms with E-state index in [2.05, 4.69) is 11.9 Å². The molecule has 2 rings (SSSR count). The van der Waals surface area contributed by atoms with Crippen LogP contribution in [0.4, 0.5) is 4.79 Å². The van der Waals surface area contributed by atoms with E-state index in [0.717, 1.165) is 32.5 Å². The molecular weight excluding hydrogens is 278 g/mol. The second kappa shape index (κ2) is 6.67. The van der Waals surface area contributed by atoms with Gasteiger partial charge in [0.15, 0.2) is 0 Å². The third-order valence-electron chi connectivity index (χ3n) is 4.11. The summed E-state index contributed by atoms with van der Waals surface area (Å²) >= 11 is 1.50. The number of amides is 2. The molecule has 2 saturated heterocycles. The maximum absolute atomic E-state index is 12.4. The van der Waals surface area contributed by atoms with Gasteiger partial charge in [-0.2, -0.15) is 0 Å². The summed E-state index contributed by atoms with van der Waals surface area (Å²) in [5, 5.41) is 9.13. The number of nitrogens with zero attached hydrogens (tertiary/aromatic N) is 3. The number of aliphatic carboxylic acids is 1. The van der Waals surface area contributed by atoms with Gasteiger partial charge in [0.25, 0.3) is 0 Å². The number of hydrogen-bond acceptors (Lipinski definition) is 4. The van der Waals surface area contributed by atoms with Crippen LogP contribution < -0.4 is 0 Å². The quantitative estimate of drug-likeness (QED) is 0.837. The van der Waals surface area contributed by atoms with Gasteiger partial charge >= 0.3 is 12.0 Å². The van der Waals surface area contributed by atoms with Gasteiger partial charge < -0.3 is 19.8 Å². The van der Waals surface area contributed by atoms with Gasteiger partial charge in [0.05, 0.1) is 5.88 Å². The number of piperidine rings is 1. The largest absolute Gasteiger partial charge is 0.480 e. The molecule has 20 heavy (non-hydrogen) atoms. The topological polar surface area (TPSA) is 64.1 Å². The average Bonchev–Trinajstić information content (AvgIpc) is 2.90. The minimum atomic E-state index is -0.906. The highest BCUT2D eigenvalue weighted by Crippen LogP contribution is 2.23. The lowest BCUT2D eigenvalue weighted by molar-refractivity contribution is -0.140. The number of carboxylic acid groups (broad SMARTS) is 1. The fourth-order valence-electron chi connectivity index (χ4n) is 2.77. The van der Waals surface area contributed by atoms with E-state index in [1.54, 1.807) is 11.9 Å². The van der Waals surface area contributed by atoms with Crippen molar-refractivity contribution in [3.8, 4) is 0 Å². The molecule has 0 saturated carbocycles. The van der Waals surface area contributed by atoms with Crippen molar-refractivity contribution in [2.24, 2.45) is 5.92 Å². The molecule has 0 radical (unpaired) electrons. The minimum absolute atomic E-state index is 0.152. The first-order valence-electron chi connectivity index (χ1n) is 7.00. The number of carbonyl (C=O) groups is 2. The van der Waals surface area contributed by atoms with Gasteiger partial charge in [0, 0.05) is 19.3 Å². The lowest BCUT2D eigenvalue weighted by Crippen LogP contribution is -2.49. The number of carboxylic acids is 1. The van der Waals surface area contributed by atoms with Crippen molar-refractivity contribution in [1.82, 2.24) is 14.7 Å². The number of hydrogen-bond donors (Lipinski definition) is 1. The number of thioether (sulfide) groups is 1. The molecule has 1 N–H and O–H groups in total. The van der Waals surface area contributed by atoms with Crippen LogP contribution in [0.2, 0.25) is 0 Å². The Bertz CT molecular complexity index is 372. The first-order chi connectivity index (χ1) is 9.49. The molecule has 7 heteroatoms. The molecule has 0 unspecified atom stereocenters. The molecule has 2 amide bonds. The van der Waals surface area contributed by atoms with Crippen LogP contribution >= 0.6 is 11.8 Å². The van der Waals surface area contributed by atoms with E-state index in [0.29, 0.717) is 17.5 Å². The molecule has 2 aliphatic heterocycles. The minimum Gasteiger partial charge on any atom is -0.480 e. The smallest absolute Gasteiger partial charge is 0.327 e. The zero-order valence-electron chi connectivity index (χ0n) is 12.1. The summed E-state index contributed by atoms with van der Waals surface area (Å²) in [4.78, 5) is 29.0. The van der Waals surface area contributed by atoms with Crippen LogP contribution in [-0.4, -0.2) is 83.2 Å². The summed E-state index contributed by atoms with van der Waals surface area (Å²) < 4.78 is 0. The Balaban J connectivity index is 1.87. The first-order valence-corrected chi connectivity index (χ1v) is 8.15. The standard InChI is InChI=1S/C13H23N3O3S/c1-14-5-3-10(4-6-14)7-15(2)13(19)16-9-20-8-11(16)12(17)18/h10-11H,3-9H2,1-2H3,(H,17,18)/t11-/m0/s1. The summed E-state index contributed by atoms with van der Waals surface area (Å²) in [6.45, 7) is 2.87. The second-order valence-corrected chi connectivity index (χ2v) is 6.73. The molecule has 0 bridgehead atoms. The third-order valence-corrected chi connectivity index (χ3v) is 5.12. The fraction of sp³-hybridized carbons (Fsp3) is 0.846.